The summed E-state index contributed by atoms with van der Waals surface area (Å²) < 4.78 is 0. The summed E-state index contributed by atoms with van der Waals surface area (Å²) in [5.41, 5.74) is 0.475. The Morgan fingerprint density at radius 2 is 2.40 bits per heavy atom. The third-order valence-corrected chi connectivity index (χ3v) is 1.90. The van der Waals surface area contributed by atoms with Crippen molar-refractivity contribution in [2.24, 2.45) is 0 Å². The van der Waals surface area contributed by atoms with E-state index >= 15 is 0 Å². The number of aromatic nitrogens is 4. The second-order valence-electron chi connectivity index (χ2n) is 2.91. The van der Waals surface area contributed by atoms with E-state index in [9.17, 15) is 4.79 Å². The normalized spacial score (nSPS) is 10.8. The SMILES string of the molecule is CCON(C)c1nc2nc[nH]c2c(=O)[nH]1. The molecule has 0 bridgehead atoms. The molecule has 0 amide bonds. The van der Waals surface area contributed by atoms with Crippen LogP contribution in [-0.2, 0) is 4.84 Å². The van der Waals surface area contributed by atoms with E-state index in [4.69, 9.17) is 4.84 Å². The van der Waals surface area contributed by atoms with E-state index in [1.165, 1.54) is 11.4 Å². The molecule has 2 heterocycles. The molecule has 2 aromatic heterocycles. The van der Waals surface area contributed by atoms with Crippen LogP contribution >= 0.6 is 0 Å². The molecule has 0 fully saturated rings. The highest BCUT2D eigenvalue weighted by Crippen LogP contribution is 2.06. The first-order valence-electron chi connectivity index (χ1n) is 4.52. The number of anilines is 1. The Hall–Kier alpha value is -1.89. The average molecular weight is 209 g/mol. The average Bonchev–Trinajstić information content (AvgIpc) is 2.66. The molecule has 2 aromatic rings. The van der Waals surface area contributed by atoms with Gasteiger partial charge < -0.3 is 4.98 Å². The van der Waals surface area contributed by atoms with E-state index in [0.717, 1.165) is 0 Å². The van der Waals surface area contributed by atoms with Gasteiger partial charge in [0.25, 0.3) is 5.56 Å². The second-order valence-corrected chi connectivity index (χ2v) is 2.91. The van der Waals surface area contributed by atoms with Crippen LogP contribution in [0.5, 0.6) is 0 Å². The molecule has 80 valence electrons. The van der Waals surface area contributed by atoms with Gasteiger partial charge in [-0.25, -0.2) is 10.0 Å². The molecular formula is C8H11N5O2. The smallest absolute Gasteiger partial charge is 0.278 e. The third kappa shape index (κ3) is 1.68. The summed E-state index contributed by atoms with van der Waals surface area (Å²) >= 11 is 0. The molecular weight excluding hydrogens is 198 g/mol. The highest BCUT2D eigenvalue weighted by atomic mass is 16.7. The van der Waals surface area contributed by atoms with Crippen LogP contribution in [0.25, 0.3) is 11.2 Å². The van der Waals surface area contributed by atoms with Crippen LogP contribution in [0.2, 0.25) is 0 Å². The van der Waals surface area contributed by atoms with E-state index in [1.54, 1.807) is 7.05 Å². The predicted molar refractivity (Wildman–Crippen MR) is 54.5 cm³/mol. The number of aromatic amines is 2. The van der Waals surface area contributed by atoms with Crippen LogP contribution < -0.4 is 10.6 Å². The van der Waals surface area contributed by atoms with Crippen LogP contribution in [0.3, 0.4) is 0 Å². The molecule has 7 heteroatoms. The fourth-order valence-electron chi connectivity index (χ4n) is 1.24. The number of hydroxylamine groups is 1. The van der Waals surface area contributed by atoms with Gasteiger partial charge in [0.2, 0.25) is 5.95 Å². The lowest BCUT2D eigenvalue weighted by Gasteiger charge is -2.14. The molecule has 0 aromatic carbocycles. The van der Waals surface area contributed by atoms with Crippen molar-refractivity contribution in [1.82, 2.24) is 19.9 Å². The van der Waals surface area contributed by atoms with Crippen LogP contribution in [0.1, 0.15) is 6.92 Å². The molecule has 0 saturated carbocycles. The monoisotopic (exact) mass is 209 g/mol. The molecule has 15 heavy (non-hydrogen) atoms. The summed E-state index contributed by atoms with van der Waals surface area (Å²) in [5.74, 6) is 0.335. The zero-order valence-electron chi connectivity index (χ0n) is 8.44. The number of fused-ring (bicyclic) bond motifs is 1. The Labute approximate surface area is 85.1 Å². The second kappa shape index (κ2) is 3.70. The van der Waals surface area contributed by atoms with Crippen molar-refractivity contribution in [2.45, 2.75) is 6.92 Å². The van der Waals surface area contributed by atoms with Gasteiger partial charge in [-0.1, -0.05) is 0 Å². The summed E-state index contributed by atoms with van der Waals surface area (Å²) in [7, 11) is 1.67. The van der Waals surface area contributed by atoms with E-state index in [2.05, 4.69) is 19.9 Å². The summed E-state index contributed by atoms with van der Waals surface area (Å²) in [5, 5.41) is 1.40. The highest BCUT2D eigenvalue weighted by molar-refractivity contribution is 5.69. The minimum atomic E-state index is -0.265. The number of imidazole rings is 1. The fraction of sp³-hybridized carbons (Fsp3) is 0.375. The number of rotatable bonds is 3. The molecule has 7 nitrogen and oxygen atoms in total. The quantitative estimate of drug-likeness (QED) is 0.696. The summed E-state index contributed by atoms with van der Waals surface area (Å²) in [6.07, 6.45) is 1.43. The van der Waals surface area contributed by atoms with Gasteiger partial charge in [0, 0.05) is 7.05 Å². The van der Waals surface area contributed by atoms with Crippen molar-refractivity contribution in [2.75, 3.05) is 18.7 Å². The van der Waals surface area contributed by atoms with E-state index < -0.39 is 0 Å². The molecule has 0 aliphatic carbocycles. The maximum atomic E-state index is 11.5. The topological polar surface area (TPSA) is 86.9 Å². The number of H-pyrrole nitrogens is 2. The molecule has 0 saturated heterocycles. The molecule has 0 unspecified atom stereocenters. The number of hydrogen-bond acceptors (Lipinski definition) is 5. The Morgan fingerprint density at radius 1 is 1.60 bits per heavy atom. The standard InChI is InChI=1S/C8H11N5O2/c1-3-15-13(2)8-11-6-5(7(14)12-8)9-4-10-6/h4H,3H2,1-2H3,(H2,9,10,11,12,14). The van der Waals surface area contributed by atoms with Gasteiger partial charge in [-0.2, -0.15) is 4.98 Å². The highest BCUT2D eigenvalue weighted by Gasteiger charge is 2.08. The van der Waals surface area contributed by atoms with Crippen LogP contribution in [-0.4, -0.2) is 33.6 Å². The van der Waals surface area contributed by atoms with Crippen molar-refractivity contribution < 1.29 is 4.84 Å². The first kappa shape index (κ1) is 9.66. The minimum Gasteiger partial charge on any atom is -0.339 e. The third-order valence-electron chi connectivity index (χ3n) is 1.90. The molecule has 2 rings (SSSR count). The Bertz CT molecular complexity index is 517. The Balaban J connectivity index is 2.49. The van der Waals surface area contributed by atoms with Gasteiger partial charge >= 0.3 is 0 Å². The fourth-order valence-corrected chi connectivity index (χ4v) is 1.24. The van der Waals surface area contributed by atoms with Crippen molar-refractivity contribution in [1.29, 1.82) is 0 Å². The van der Waals surface area contributed by atoms with Gasteiger partial charge in [0.05, 0.1) is 12.9 Å². The van der Waals surface area contributed by atoms with E-state index in [-0.39, 0.29) is 5.56 Å². The van der Waals surface area contributed by atoms with Crippen molar-refractivity contribution >= 4 is 17.1 Å². The van der Waals surface area contributed by atoms with Gasteiger partial charge in [0.15, 0.2) is 11.2 Å². The number of hydrogen-bond donors (Lipinski definition) is 2. The van der Waals surface area contributed by atoms with Crippen LogP contribution in [0, 0.1) is 0 Å². The van der Waals surface area contributed by atoms with Crippen LogP contribution in [0.4, 0.5) is 5.95 Å². The minimum absolute atomic E-state index is 0.265. The Kier molecular flexibility index (Phi) is 2.38. The first-order chi connectivity index (χ1) is 7.22. The van der Waals surface area contributed by atoms with Gasteiger partial charge in [-0.3, -0.25) is 14.6 Å². The van der Waals surface area contributed by atoms with Gasteiger partial charge in [-0.05, 0) is 6.92 Å². The lowest BCUT2D eigenvalue weighted by molar-refractivity contribution is 0.131. The van der Waals surface area contributed by atoms with Crippen molar-refractivity contribution in [3.8, 4) is 0 Å². The van der Waals surface area contributed by atoms with Crippen LogP contribution in [0.15, 0.2) is 11.1 Å². The zero-order chi connectivity index (χ0) is 10.8. The molecule has 0 spiro atoms. The van der Waals surface area contributed by atoms with E-state index in [0.29, 0.717) is 23.7 Å². The first-order valence-corrected chi connectivity index (χ1v) is 4.52. The van der Waals surface area contributed by atoms with Crippen molar-refractivity contribution in [3.63, 3.8) is 0 Å². The maximum Gasteiger partial charge on any atom is 0.278 e. The number of nitrogens with zero attached hydrogens (tertiary/aromatic N) is 3. The Morgan fingerprint density at radius 3 is 3.13 bits per heavy atom. The van der Waals surface area contributed by atoms with Gasteiger partial charge in [-0.15, -0.1) is 0 Å². The lowest BCUT2D eigenvalue weighted by atomic mass is 10.5. The molecule has 0 aliphatic rings. The predicted octanol–water partition coefficient (Wildman–Crippen LogP) is 0.0339. The number of nitrogens with one attached hydrogen (secondary N) is 2. The summed E-state index contributed by atoms with van der Waals surface area (Å²) in [4.78, 5) is 30.0. The summed E-state index contributed by atoms with van der Waals surface area (Å²) in [6, 6.07) is 0. The maximum absolute atomic E-state index is 11.5. The van der Waals surface area contributed by atoms with Gasteiger partial charge in [0.1, 0.15) is 0 Å². The molecule has 2 N–H and O–H groups in total. The molecule has 0 atom stereocenters. The lowest BCUT2D eigenvalue weighted by Crippen LogP contribution is -2.23. The largest absolute Gasteiger partial charge is 0.339 e. The zero-order valence-corrected chi connectivity index (χ0v) is 8.44. The van der Waals surface area contributed by atoms with E-state index in [1.807, 2.05) is 6.92 Å². The summed E-state index contributed by atoms with van der Waals surface area (Å²) in [6.45, 7) is 2.35. The molecule has 0 aliphatic heterocycles. The molecule has 0 radical (unpaired) electrons. The van der Waals surface area contributed by atoms with Crippen molar-refractivity contribution in [3.05, 3.63) is 16.7 Å².